The van der Waals surface area contributed by atoms with Gasteiger partial charge in [0.05, 0.1) is 22.4 Å². The predicted octanol–water partition coefficient (Wildman–Crippen LogP) is 2.91. The number of benzene rings is 2. The molecule has 0 amide bonds. The largest absolute Gasteiger partial charge is 0.494 e. The van der Waals surface area contributed by atoms with Crippen molar-refractivity contribution in [1.82, 2.24) is 9.78 Å². The molecule has 25 heavy (non-hydrogen) atoms. The summed E-state index contributed by atoms with van der Waals surface area (Å²) in [6, 6.07) is 15.9. The number of hydrogen-bond acceptors (Lipinski definition) is 4. The Hall–Kier alpha value is -2.31. The summed E-state index contributed by atoms with van der Waals surface area (Å²) in [6.07, 6.45) is 0. The average Bonchev–Trinajstić information content (AvgIpc) is 3.01. The highest BCUT2D eigenvalue weighted by molar-refractivity contribution is 6.62. The SMILES string of the molecule is CC1(C)OB(c2ccc3c(N)n(-c4ccccc4)nc3c2)OC1(C)C. The van der Waals surface area contributed by atoms with Crippen molar-refractivity contribution in [3.8, 4) is 5.69 Å². The van der Waals surface area contributed by atoms with E-state index in [0.717, 1.165) is 22.1 Å². The number of para-hydroxylation sites is 1. The van der Waals surface area contributed by atoms with Gasteiger partial charge in [0.15, 0.2) is 0 Å². The third-order valence-electron chi connectivity index (χ3n) is 5.26. The summed E-state index contributed by atoms with van der Waals surface area (Å²) >= 11 is 0. The van der Waals surface area contributed by atoms with Gasteiger partial charge in [0.25, 0.3) is 0 Å². The van der Waals surface area contributed by atoms with Crippen molar-refractivity contribution in [2.24, 2.45) is 0 Å². The lowest BCUT2D eigenvalue weighted by atomic mass is 9.79. The normalized spacial score (nSPS) is 18.8. The first kappa shape index (κ1) is 16.2. The van der Waals surface area contributed by atoms with Crippen molar-refractivity contribution >= 4 is 29.3 Å². The van der Waals surface area contributed by atoms with Crippen molar-refractivity contribution in [1.29, 1.82) is 0 Å². The fraction of sp³-hybridized carbons (Fsp3) is 0.316. The monoisotopic (exact) mass is 335 g/mol. The number of aromatic nitrogens is 2. The van der Waals surface area contributed by atoms with Crippen LogP contribution in [-0.4, -0.2) is 28.1 Å². The van der Waals surface area contributed by atoms with Crippen molar-refractivity contribution < 1.29 is 9.31 Å². The molecule has 2 aromatic carbocycles. The molecule has 0 atom stereocenters. The van der Waals surface area contributed by atoms with Crippen LogP contribution < -0.4 is 11.2 Å². The molecule has 0 saturated carbocycles. The van der Waals surface area contributed by atoms with Crippen LogP contribution in [0.4, 0.5) is 5.82 Å². The minimum Gasteiger partial charge on any atom is -0.399 e. The first-order valence-corrected chi connectivity index (χ1v) is 8.48. The fourth-order valence-corrected chi connectivity index (χ4v) is 3.02. The maximum atomic E-state index is 6.30. The van der Waals surface area contributed by atoms with E-state index in [1.54, 1.807) is 4.68 Å². The van der Waals surface area contributed by atoms with Gasteiger partial charge in [-0.2, -0.15) is 5.10 Å². The average molecular weight is 335 g/mol. The van der Waals surface area contributed by atoms with Crippen LogP contribution in [0.2, 0.25) is 0 Å². The Labute approximate surface area is 147 Å². The maximum Gasteiger partial charge on any atom is 0.494 e. The zero-order valence-corrected chi connectivity index (χ0v) is 15.0. The van der Waals surface area contributed by atoms with E-state index in [1.807, 2.05) is 76.2 Å². The summed E-state index contributed by atoms with van der Waals surface area (Å²) in [7, 11) is -0.405. The third-order valence-corrected chi connectivity index (χ3v) is 5.26. The molecule has 0 unspecified atom stereocenters. The summed E-state index contributed by atoms with van der Waals surface area (Å²) in [5, 5.41) is 5.59. The van der Waals surface area contributed by atoms with Gasteiger partial charge >= 0.3 is 7.12 Å². The molecule has 0 spiro atoms. The van der Waals surface area contributed by atoms with Crippen molar-refractivity contribution in [3.63, 3.8) is 0 Å². The van der Waals surface area contributed by atoms with Crippen LogP contribution in [0.1, 0.15) is 27.7 Å². The molecule has 2 N–H and O–H groups in total. The van der Waals surface area contributed by atoms with Crippen molar-refractivity contribution in [2.45, 2.75) is 38.9 Å². The number of nitrogens with zero attached hydrogens (tertiary/aromatic N) is 2. The highest BCUT2D eigenvalue weighted by Crippen LogP contribution is 2.36. The molecule has 0 aliphatic carbocycles. The standard InChI is InChI=1S/C19H22BN3O2/c1-18(2)19(3,4)25-20(24-18)13-10-11-15-16(12-13)22-23(17(15)21)14-8-6-5-7-9-14/h5-12H,21H2,1-4H3. The van der Waals surface area contributed by atoms with E-state index in [0.29, 0.717) is 5.82 Å². The highest BCUT2D eigenvalue weighted by atomic mass is 16.7. The second kappa shape index (κ2) is 5.34. The molecule has 1 fully saturated rings. The molecule has 4 rings (SSSR count). The van der Waals surface area contributed by atoms with E-state index in [9.17, 15) is 0 Å². The summed E-state index contributed by atoms with van der Waals surface area (Å²) in [5.74, 6) is 0.627. The molecular formula is C19H22BN3O2. The maximum absolute atomic E-state index is 6.30. The topological polar surface area (TPSA) is 62.3 Å². The Bertz CT molecular complexity index is 918. The van der Waals surface area contributed by atoms with E-state index in [2.05, 4.69) is 5.10 Å². The molecule has 3 aromatic rings. The van der Waals surface area contributed by atoms with Gasteiger partial charge in [-0.05, 0) is 57.4 Å². The molecule has 1 aliphatic rings. The minimum atomic E-state index is -0.405. The number of anilines is 1. The Kier molecular flexibility index (Phi) is 3.46. The Morgan fingerprint density at radius 1 is 0.960 bits per heavy atom. The molecule has 0 radical (unpaired) electrons. The van der Waals surface area contributed by atoms with Gasteiger partial charge in [-0.1, -0.05) is 24.3 Å². The first-order valence-electron chi connectivity index (χ1n) is 8.48. The quantitative estimate of drug-likeness (QED) is 0.732. The van der Waals surface area contributed by atoms with Gasteiger partial charge in [-0.25, -0.2) is 4.68 Å². The van der Waals surface area contributed by atoms with Gasteiger partial charge < -0.3 is 15.0 Å². The lowest BCUT2D eigenvalue weighted by Gasteiger charge is -2.32. The molecule has 1 saturated heterocycles. The first-order chi connectivity index (χ1) is 11.8. The lowest BCUT2D eigenvalue weighted by Crippen LogP contribution is -2.41. The van der Waals surface area contributed by atoms with Crippen LogP contribution in [-0.2, 0) is 9.31 Å². The molecule has 2 heterocycles. The van der Waals surface area contributed by atoms with Crippen LogP contribution in [0, 0.1) is 0 Å². The lowest BCUT2D eigenvalue weighted by molar-refractivity contribution is 0.00578. The van der Waals surface area contributed by atoms with Crippen molar-refractivity contribution in [2.75, 3.05) is 5.73 Å². The van der Waals surface area contributed by atoms with Crippen LogP contribution >= 0.6 is 0 Å². The molecule has 1 aromatic heterocycles. The smallest absolute Gasteiger partial charge is 0.399 e. The van der Waals surface area contributed by atoms with Gasteiger partial charge in [0.2, 0.25) is 0 Å². The van der Waals surface area contributed by atoms with Crippen LogP contribution in [0.3, 0.4) is 0 Å². The molecule has 6 heteroatoms. The van der Waals surface area contributed by atoms with Crippen molar-refractivity contribution in [3.05, 3.63) is 48.5 Å². The zero-order valence-electron chi connectivity index (χ0n) is 15.0. The predicted molar refractivity (Wildman–Crippen MR) is 101 cm³/mol. The Balaban J connectivity index is 1.75. The van der Waals surface area contributed by atoms with Gasteiger partial charge in [0.1, 0.15) is 5.82 Å². The number of hydrogen-bond donors (Lipinski definition) is 1. The van der Waals surface area contributed by atoms with Crippen LogP contribution in [0.15, 0.2) is 48.5 Å². The number of fused-ring (bicyclic) bond motifs is 1. The van der Waals surface area contributed by atoms with E-state index in [4.69, 9.17) is 15.0 Å². The minimum absolute atomic E-state index is 0.366. The third kappa shape index (κ3) is 2.53. The van der Waals surface area contributed by atoms with E-state index >= 15 is 0 Å². The van der Waals surface area contributed by atoms with Crippen LogP contribution in [0.5, 0.6) is 0 Å². The number of nitrogens with two attached hydrogens (primary N) is 1. The summed E-state index contributed by atoms with van der Waals surface area (Å²) in [6.45, 7) is 8.20. The van der Waals surface area contributed by atoms with E-state index in [1.165, 1.54) is 0 Å². The molecule has 128 valence electrons. The molecular weight excluding hydrogens is 313 g/mol. The number of rotatable bonds is 2. The summed E-state index contributed by atoms with van der Waals surface area (Å²) < 4.78 is 14.0. The Morgan fingerprint density at radius 3 is 2.24 bits per heavy atom. The van der Waals surface area contributed by atoms with E-state index < -0.39 is 7.12 Å². The second-order valence-corrected chi connectivity index (χ2v) is 7.50. The molecule has 1 aliphatic heterocycles. The van der Waals surface area contributed by atoms with Crippen LogP contribution in [0.25, 0.3) is 16.6 Å². The van der Waals surface area contributed by atoms with Gasteiger partial charge in [0, 0.05) is 5.39 Å². The summed E-state index contributed by atoms with van der Waals surface area (Å²) in [4.78, 5) is 0. The zero-order chi connectivity index (χ0) is 17.8. The fourth-order valence-electron chi connectivity index (χ4n) is 3.02. The second-order valence-electron chi connectivity index (χ2n) is 7.50. The van der Waals surface area contributed by atoms with E-state index in [-0.39, 0.29) is 11.2 Å². The highest BCUT2D eigenvalue weighted by Gasteiger charge is 2.51. The summed E-state index contributed by atoms with van der Waals surface area (Å²) in [5.41, 5.74) is 8.28. The number of nitrogen functional groups attached to an aromatic ring is 1. The Morgan fingerprint density at radius 2 is 1.60 bits per heavy atom. The molecule has 5 nitrogen and oxygen atoms in total. The van der Waals surface area contributed by atoms with Gasteiger partial charge in [-0.3, -0.25) is 0 Å². The van der Waals surface area contributed by atoms with Gasteiger partial charge in [-0.15, -0.1) is 0 Å². The molecule has 0 bridgehead atoms.